The lowest BCUT2D eigenvalue weighted by atomic mass is 10.0. The minimum absolute atomic E-state index is 0.374. The standard InChI is InChI=1S/C19H27N3O2/c1-14-11-16(19(23)24)12-17-15(5-10-21-7-2-3-8-21)13-22(18(14)17)9-4-6-20/h11-13H,2-10,20H2,1H3,(H,23,24). The molecule has 0 bridgehead atoms. The van der Waals surface area contributed by atoms with Crippen molar-refractivity contribution >= 4 is 16.9 Å². The first-order valence-corrected chi connectivity index (χ1v) is 8.88. The summed E-state index contributed by atoms with van der Waals surface area (Å²) in [6, 6.07) is 3.61. The average Bonchev–Trinajstić information content (AvgIpc) is 3.18. The molecule has 24 heavy (non-hydrogen) atoms. The Morgan fingerprint density at radius 1 is 1.25 bits per heavy atom. The number of hydrogen-bond donors (Lipinski definition) is 2. The van der Waals surface area contributed by atoms with Gasteiger partial charge in [0, 0.05) is 24.7 Å². The van der Waals surface area contributed by atoms with Gasteiger partial charge < -0.3 is 20.3 Å². The molecule has 0 radical (unpaired) electrons. The first kappa shape index (κ1) is 17.0. The molecule has 2 heterocycles. The lowest BCUT2D eigenvalue weighted by Gasteiger charge is -2.13. The second-order valence-corrected chi connectivity index (χ2v) is 6.78. The van der Waals surface area contributed by atoms with Crippen molar-refractivity contribution in [3.05, 3.63) is 35.0 Å². The van der Waals surface area contributed by atoms with Gasteiger partial charge >= 0.3 is 5.97 Å². The molecule has 1 fully saturated rings. The monoisotopic (exact) mass is 329 g/mol. The first-order valence-electron chi connectivity index (χ1n) is 8.88. The molecule has 0 aliphatic carbocycles. The Morgan fingerprint density at radius 3 is 2.67 bits per heavy atom. The Balaban J connectivity index is 1.96. The maximum absolute atomic E-state index is 11.4. The maximum Gasteiger partial charge on any atom is 0.335 e. The van der Waals surface area contributed by atoms with Gasteiger partial charge in [-0.3, -0.25) is 0 Å². The average molecular weight is 329 g/mol. The summed E-state index contributed by atoms with van der Waals surface area (Å²) in [5.74, 6) is -0.861. The Hall–Kier alpha value is -1.85. The summed E-state index contributed by atoms with van der Waals surface area (Å²) in [7, 11) is 0. The lowest BCUT2D eigenvalue weighted by Crippen LogP contribution is -2.21. The number of fused-ring (bicyclic) bond motifs is 1. The zero-order chi connectivity index (χ0) is 17.1. The summed E-state index contributed by atoms with van der Waals surface area (Å²) >= 11 is 0. The summed E-state index contributed by atoms with van der Waals surface area (Å²) in [6.45, 7) is 6.96. The zero-order valence-corrected chi connectivity index (χ0v) is 14.4. The number of aromatic nitrogens is 1. The molecule has 5 heteroatoms. The van der Waals surface area contributed by atoms with Crippen LogP contribution >= 0.6 is 0 Å². The van der Waals surface area contributed by atoms with Gasteiger partial charge in [-0.25, -0.2) is 4.79 Å². The third-order valence-electron chi connectivity index (χ3n) is 4.99. The third kappa shape index (κ3) is 3.47. The van der Waals surface area contributed by atoms with E-state index in [-0.39, 0.29) is 0 Å². The number of carbonyl (C=O) groups is 1. The number of likely N-dealkylation sites (tertiary alicyclic amines) is 1. The van der Waals surface area contributed by atoms with Crippen LogP contribution in [0.2, 0.25) is 0 Å². The van der Waals surface area contributed by atoms with E-state index < -0.39 is 5.97 Å². The fraction of sp³-hybridized carbons (Fsp3) is 0.526. The van der Waals surface area contributed by atoms with Crippen LogP contribution in [0.15, 0.2) is 18.3 Å². The molecule has 130 valence electrons. The number of aryl methyl sites for hydroxylation is 2. The number of carboxylic acid groups (broad SMARTS) is 1. The topological polar surface area (TPSA) is 71.5 Å². The van der Waals surface area contributed by atoms with Crippen LogP contribution in [0.1, 0.15) is 40.7 Å². The molecule has 3 N–H and O–H groups in total. The minimum atomic E-state index is -0.861. The first-order chi connectivity index (χ1) is 11.6. The summed E-state index contributed by atoms with van der Waals surface area (Å²) in [6.07, 6.45) is 6.68. The molecule has 1 aromatic carbocycles. The third-order valence-corrected chi connectivity index (χ3v) is 4.99. The molecular formula is C19H27N3O2. The van der Waals surface area contributed by atoms with Crippen LogP contribution in [0.3, 0.4) is 0 Å². The van der Waals surface area contributed by atoms with Crippen LogP contribution in [0, 0.1) is 6.92 Å². The summed E-state index contributed by atoms with van der Waals surface area (Å²) < 4.78 is 2.25. The molecular weight excluding hydrogens is 302 g/mol. The van der Waals surface area contributed by atoms with Gasteiger partial charge in [-0.15, -0.1) is 0 Å². The minimum Gasteiger partial charge on any atom is -0.478 e. The SMILES string of the molecule is Cc1cc(C(=O)O)cc2c(CCN3CCCC3)cn(CCCN)c12. The van der Waals surface area contributed by atoms with Crippen LogP contribution in [-0.4, -0.2) is 46.7 Å². The number of carboxylic acids is 1. The van der Waals surface area contributed by atoms with Gasteiger partial charge in [0.2, 0.25) is 0 Å². The van der Waals surface area contributed by atoms with E-state index >= 15 is 0 Å². The summed E-state index contributed by atoms with van der Waals surface area (Å²) in [4.78, 5) is 13.9. The van der Waals surface area contributed by atoms with E-state index in [1.54, 1.807) is 6.07 Å². The molecule has 0 saturated carbocycles. The largest absolute Gasteiger partial charge is 0.478 e. The highest BCUT2D eigenvalue weighted by Crippen LogP contribution is 2.27. The van der Waals surface area contributed by atoms with Crippen molar-refractivity contribution in [3.8, 4) is 0 Å². The van der Waals surface area contributed by atoms with E-state index in [1.165, 1.54) is 31.5 Å². The van der Waals surface area contributed by atoms with Crippen molar-refractivity contribution in [1.82, 2.24) is 9.47 Å². The molecule has 0 spiro atoms. The highest BCUT2D eigenvalue weighted by molar-refractivity contribution is 5.96. The van der Waals surface area contributed by atoms with Crippen molar-refractivity contribution < 1.29 is 9.90 Å². The molecule has 0 atom stereocenters. The maximum atomic E-state index is 11.4. The molecule has 1 aromatic heterocycles. The fourth-order valence-corrected chi connectivity index (χ4v) is 3.77. The number of aromatic carboxylic acids is 1. The second kappa shape index (κ2) is 7.36. The molecule has 3 rings (SSSR count). The van der Waals surface area contributed by atoms with E-state index in [9.17, 15) is 9.90 Å². The zero-order valence-electron chi connectivity index (χ0n) is 14.4. The van der Waals surface area contributed by atoms with Crippen LogP contribution in [-0.2, 0) is 13.0 Å². The fourth-order valence-electron chi connectivity index (χ4n) is 3.77. The highest BCUT2D eigenvalue weighted by Gasteiger charge is 2.16. The molecule has 0 unspecified atom stereocenters. The van der Waals surface area contributed by atoms with Gasteiger partial charge in [-0.2, -0.15) is 0 Å². The van der Waals surface area contributed by atoms with E-state index in [0.29, 0.717) is 12.1 Å². The van der Waals surface area contributed by atoms with Crippen molar-refractivity contribution in [2.45, 2.75) is 39.2 Å². The van der Waals surface area contributed by atoms with Crippen molar-refractivity contribution in [2.75, 3.05) is 26.2 Å². The Morgan fingerprint density at radius 2 is 2.00 bits per heavy atom. The summed E-state index contributed by atoms with van der Waals surface area (Å²) in [5, 5.41) is 10.5. The second-order valence-electron chi connectivity index (χ2n) is 6.78. The number of benzene rings is 1. The molecule has 0 amide bonds. The lowest BCUT2D eigenvalue weighted by molar-refractivity contribution is 0.0697. The van der Waals surface area contributed by atoms with Gasteiger partial charge in [0.15, 0.2) is 0 Å². The summed E-state index contributed by atoms with van der Waals surface area (Å²) in [5.41, 5.74) is 9.48. The molecule has 2 aromatic rings. The molecule has 1 aliphatic rings. The van der Waals surface area contributed by atoms with Crippen molar-refractivity contribution in [1.29, 1.82) is 0 Å². The number of hydrogen-bond acceptors (Lipinski definition) is 3. The van der Waals surface area contributed by atoms with Gasteiger partial charge in [-0.05, 0) is 75.5 Å². The molecule has 1 aliphatic heterocycles. The number of nitrogens with zero attached hydrogens (tertiary/aromatic N) is 2. The van der Waals surface area contributed by atoms with Crippen molar-refractivity contribution in [3.63, 3.8) is 0 Å². The van der Waals surface area contributed by atoms with E-state index in [0.717, 1.165) is 42.4 Å². The highest BCUT2D eigenvalue weighted by atomic mass is 16.4. The van der Waals surface area contributed by atoms with E-state index in [2.05, 4.69) is 15.7 Å². The quantitative estimate of drug-likeness (QED) is 0.819. The van der Waals surface area contributed by atoms with Gasteiger partial charge in [0.05, 0.1) is 11.1 Å². The molecule has 5 nitrogen and oxygen atoms in total. The van der Waals surface area contributed by atoms with Crippen LogP contribution < -0.4 is 5.73 Å². The van der Waals surface area contributed by atoms with Gasteiger partial charge in [0.1, 0.15) is 0 Å². The van der Waals surface area contributed by atoms with E-state index in [4.69, 9.17) is 5.73 Å². The van der Waals surface area contributed by atoms with Crippen LogP contribution in [0.5, 0.6) is 0 Å². The van der Waals surface area contributed by atoms with E-state index in [1.807, 2.05) is 13.0 Å². The predicted octanol–water partition coefficient (Wildman–Crippen LogP) is 2.64. The smallest absolute Gasteiger partial charge is 0.335 e. The van der Waals surface area contributed by atoms with Crippen LogP contribution in [0.4, 0.5) is 0 Å². The Kier molecular flexibility index (Phi) is 5.21. The van der Waals surface area contributed by atoms with Gasteiger partial charge in [0.25, 0.3) is 0 Å². The van der Waals surface area contributed by atoms with Crippen molar-refractivity contribution in [2.24, 2.45) is 5.73 Å². The van der Waals surface area contributed by atoms with Gasteiger partial charge in [-0.1, -0.05) is 0 Å². The number of nitrogens with two attached hydrogens (primary N) is 1. The van der Waals surface area contributed by atoms with Crippen LogP contribution in [0.25, 0.3) is 10.9 Å². The number of rotatable bonds is 7. The normalized spacial score (nSPS) is 15.4. The predicted molar refractivity (Wildman–Crippen MR) is 96.7 cm³/mol. The Bertz CT molecular complexity index is 730. The molecule has 1 saturated heterocycles. The Labute approximate surface area is 143 Å².